The molecule has 0 amide bonds. The maximum absolute atomic E-state index is 12.7. The molecule has 0 saturated carbocycles. The van der Waals surface area contributed by atoms with Crippen LogP contribution in [0.15, 0.2) is 59.6 Å². The fraction of sp³-hybridized carbons (Fsp3) is 0.0714. The highest BCUT2D eigenvalue weighted by Crippen LogP contribution is 2.24. The van der Waals surface area contributed by atoms with Crippen molar-refractivity contribution in [3.63, 3.8) is 0 Å². The van der Waals surface area contributed by atoms with Crippen molar-refractivity contribution < 1.29 is 13.5 Å². The molecule has 0 spiro atoms. The van der Waals surface area contributed by atoms with Crippen LogP contribution in [0.4, 0.5) is 0 Å². The molecule has 0 aliphatic rings. The molecule has 2 heterocycles. The zero-order chi connectivity index (χ0) is 14.2. The number of rotatable bonds is 3. The smallest absolute Gasteiger partial charge is 0.268 e. The summed E-state index contributed by atoms with van der Waals surface area (Å²) in [4.78, 5) is 4.30. The van der Waals surface area contributed by atoms with Crippen molar-refractivity contribution in [3.8, 4) is 0 Å². The van der Waals surface area contributed by atoms with Crippen molar-refractivity contribution in [1.82, 2.24) is 8.96 Å². The van der Waals surface area contributed by atoms with Gasteiger partial charge in [0.1, 0.15) is 0 Å². The standard InChI is InChI=1S/C14H12N2O3S/c17-10-11-9-13-14(7-4-8-15-13)16(11)20(18,19)12-5-2-1-3-6-12/h1-9,17H,10H2. The van der Waals surface area contributed by atoms with Gasteiger partial charge in [-0.15, -0.1) is 0 Å². The number of fused-ring (bicyclic) bond motifs is 1. The van der Waals surface area contributed by atoms with E-state index in [1.807, 2.05) is 0 Å². The summed E-state index contributed by atoms with van der Waals surface area (Å²) in [6.07, 6.45) is 1.59. The van der Waals surface area contributed by atoms with E-state index in [1.165, 1.54) is 12.1 Å². The first-order chi connectivity index (χ1) is 9.64. The number of aromatic nitrogens is 2. The minimum absolute atomic E-state index is 0.177. The van der Waals surface area contributed by atoms with Gasteiger partial charge in [0.05, 0.1) is 28.2 Å². The van der Waals surface area contributed by atoms with Gasteiger partial charge >= 0.3 is 0 Å². The zero-order valence-corrected chi connectivity index (χ0v) is 11.3. The molecule has 0 radical (unpaired) electrons. The summed E-state index contributed by atoms with van der Waals surface area (Å²) in [5, 5.41) is 9.42. The molecular formula is C14H12N2O3S. The van der Waals surface area contributed by atoms with Gasteiger partial charge in [0.25, 0.3) is 10.0 Å². The van der Waals surface area contributed by atoms with E-state index >= 15 is 0 Å². The van der Waals surface area contributed by atoms with Gasteiger partial charge in [-0.3, -0.25) is 4.98 Å². The van der Waals surface area contributed by atoms with Gasteiger partial charge in [-0.1, -0.05) is 18.2 Å². The summed E-state index contributed by atoms with van der Waals surface area (Å²) in [6, 6.07) is 13.0. The van der Waals surface area contributed by atoms with Crippen molar-refractivity contribution in [2.75, 3.05) is 0 Å². The summed E-state index contributed by atoms with van der Waals surface area (Å²) < 4.78 is 26.6. The van der Waals surface area contributed by atoms with Crippen molar-refractivity contribution >= 4 is 21.1 Å². The van der Waals surface area contributed by atoms with Crippen LogP contribution in [0.2, 0.25) is 0 Å². The normalized spacial score (nSPS) is 11.8. The first-order valence-electron chi connectivity index (χ1n) is 6.01. The fourth-order valence-corrected chi connectivity index (χ4v) is 3.70. The third-order valence-corrected chi connectivity index (χ3v) is 4.82. The number of hydrogen-bond acceptors (Lipinski definition) is 4. The van der Waals surface area contributed by atoms with Crippen molar-refractivity contribution in [3.05, 3.63) is 60.4 Å². The van der Waals surface area contributed by atoms with Crippen molar-refractivity contribution in [2.24, 2.45) is 0 Å². The summed E-state index contributed by atoms with van der Waals surface area (Å²) in [5.74, 6) is 0. The highest BCUT2D eigenvalue weighted by molar-refractivity contribution is 7.90. The predicted molar refractivity (Wildman–Crippen MR) is 74.7 cm³/mol. The number of benzene rings is 1. The molecule has 102 valence electrons. The second-order valence-electron chi connectivity index (χ2n) is 4.28. The fourth-order valence-electron chi connectivity index (χ4n) is 2.15. The Bertz CT molecular complexity index is 855. The lowest BCUT2D eigenvalue weighted by Gasteiger charge is -2.10. The third-order valence-electron chi connectivity index (χ3n) is 3.04. The first kappa shape index (κ1) is 12.8. The van der Waals surface area contributed by atoms with Gasteiger partial charge in [-0.25, -0.2) is 12.4 Å². The molecule has 3 aromatic rings. The summed E-state index contributed by atoms with van der Waals surface area (Å²) >= 11 is 0. The van der Waals surface area contributed by atoms with Gasteiger partial charge in [0.15, 0.2) is 0 Å². The second-order valence-corrected chi connectivity index (χ2v) is 6.07. The Labute approximate surface area is 116 Å². The van der Waals surface area contributed by atoms with Crippen LogP contribution >= 0.6 is 0 Å². The van der Waals surface area contributed by atoms with Crippen LogP contribution in [0.25, 0.3) is 11.0 Å². The van der Waals surface area contributed by atoms with E-state index in [-0.39, 0.29) is 11.5 Å². The summed E-state index contributed by atoms with van der Waals surface area (Å²) in [7, 11) is -3.75. The lowest BCUT2D eigenvalue weighted by Crippen LogP contribution is -2.15. The third kappa shape index (κ3) is 1.90. The van der Waals surface area contributed by atoms with Crippen LogP contribution in [-0.4, -0.2) is 22.5 Å². The molecule has 0 unspecified atom stereocenters. The van der Waals surface area contributed by atoms with Crippen LogP contribution in [0.5, 0.6) is 0 Å². The lowest BCUT2D eigenvalue weighted by atomic mass is 10.4. The highest BCUT2D eigenvalue weighted by Gasteiger charge is 2.22. The van der Waals surface area contributed by atoms with E-state index in [9.17, 15) is 13.5 Å². The van der Waals surface area contributed by atoms with Crippen LogP contribution in [0.1, 0.15) is 5.69 Å². The molecule has 2 aromatic heterocycles. The molecule has 6 heteroatoms. The SMILES string of the molecule is O=S(=O)(c1ccccc1)n1c(CO)cc2ncccc21. The van der Waals surface area contributed by atoms with Gasteiger partial charge in [-0.2, -0.15) is 0 Å². The first-order valence-corrected chi connectivity index (χ1v) is 7.45. The van der Waals surface area contributed by atoms with Crippen molar-refractivity contribution in [2.45, 2.75) is 11.5 Å². The van der Waals surface area contributed by atoms with Crippen LogP contribution < -0.4 is 0 Å². The maximum Gasteiger partial charge on any atom is 0.268 e. The predicted octanol–water partition coefficient (Wildman–Crippen LogP) is 1.77. The number of aliphatic hydroxyl groups is 1. The molecule has 0 atom stereocenters. The van der Waals surface area contributed by atoms with E-state index < -0.39 is 10.0 Å². The van der Waals surface area contributed by atoms with Crippen LogP contribution in [0.3, 0.4) is 0 Å². The largest absolute Gasteiger partial charge is 0.390 e. The summed E-state index contributed by atoms with van der Waals surface area (Å²) in [5.41, 5.74) is 1.29. The Hall–Kier alpha value is -2.18. The van der Waals surface area contributed by atoms with Crippen LogP contribution in [-0.2, 0) is 16.6 Å². The highest BCUT2D eigenvalue weighted by atomic mass is 32.2. The average Bonchev–Trinajstić information content (AvgIpc) is 2.87. The Morgan fingerprint density at radius 1 is 1.10 bits per heavy atom. The monoisotopic (exact) mass is 288 g/mol. The van der Waals surface area contributed by atoms with Gasteiger partial charge in [-0.05, 0) is 30.3 Å². The quantitative estimate of drug-likeness (QED) is 0.797. The molecule has 0 aliphatic carbocycles. The van der Waals surface area contributed by atoms with E-state index in [1.54, 1.807) is 42.6 Å². The Kier molecular flexibility index (Phi) is 3.04. The maximum atomic E-state index is 12.7. The molecule has 5 nitrogen and oxygen atoms in total. The van der Waals surface area contributed by atoms with E-state index in [0.29, 0.717) is 16.7 Å². The zero-order valence-electron chi connectivity index (χ0n) is 10.5. The molecule has 1 N–H and O–H groups in total. The Morgan fingerprint density at radius 3 is 2.55 bits per heavy atom. The molecule has 3 rings (SSSR count). The number of nitrogens with zero attached hydrogens (tertiary/aromatic N) is 2. The van der Waals surface area contributed by atoms with Gasteiger partial charge in [0.2, 0.25) is 0 Å². The molecule has 0 fully saturated rings. The van der Waals surface area contributed by atoms with E-state index in [4.69, 9.17) is 0 Å². The van der Waals surface area contributed by atoms with E-state index in [0.717, 1.165) is 3.97 Å². The van der Waals surface area contributed by atoms with Crippen LogP contribution in [0, 0.1) is 0 Å². The number of hydrogen-bond donors (Lipinski definition) is 1. The molecule has 0 saturated heterocycles. The van der Waals surface area contributed by atoms with Crippen molar-refractivity contribution in [1.29, 1.82) is 0 Å². The molecule has 1 aromatic carbocycles. The Balaban J connectivity index is 2.34. The molecule has 20 heavy (non-hydrogen) atoms. The second kappa shape index (κ2) is 4.73. The minimum Gasteiger partial charge on any atom is -0.390 e. The number of aliphatic hydroxyl groups excluding tert-OH is 1. The Morgan fingerprint density at radius 2 is 1.85 bits per heavy atom. The lowest BCUT2D eigenvalue weighted by molar-refractivity contribution is 0.276. The molecular weight excluding hydrogens is 276 g/mol. The topological polar surface area (TPSA) is 72.2 Å². The minimum atomic E-state index is -3.75. The molecule has 0 aliphatic heterocycles. The van der Waals surface area contributed by atoms with Gasteiger partial charge in [0, 0.05) is 6.20 Å². The summed E-state index contributed by atoms with van der Waals surface area (Å²) in [6.45, 7) is -0.373. The molecule has 0 bridgehead atoms. The van der Waals surface area contributed by atoms with Gasteiger partial charge < -0.3 is 5.11 Å². The van der Waals surface area contributed by atoms with E-state index in [2.05, 4.69) is 4.98 Å². The average molecular weight is 288 g/mol. The number of pyridine rings is 1.